The maximum Gasteiger partial charge on any atom is 0.407 e. The SMILES string of the molecule is CCCCOC(=O)N[C@@H](CCCCC(=O)O)C(=O)N[C@@H](CCc1ccccc1)C(=O)NCc1cc(OCCC2CNC2)ccc1C. The van der Waals surface area contributed by atoms with Gasteiger partial charge in [0.2, 0.25) is 11.8 Å². The second-order valence-electron chi connectivity index (χ2n) is 11.9. The summed E-state index contributed by atoms with van der Waals surface area (Å²) in [6.45, 7) is 7.12. The summed E-state index contributed by atoms with van der Waals surface area (Å²) in [6, 6.07) is 13.7. The van der Waals surface area contributed by atoms with Crippen LogP contribution in [0, 0.1) is 12.8 Å². The third-order valence-electron chi connectivity index (χ3n) is 8.11. The molecule has 5 N–H and O–H groups in total. The van der Waals surface area contributed by atoms with Crippen molar-refractivity contribution < 1.29 is 33.8 Å². The Labute approximate surface area is 272 Å². The number of unbranched alkanes of at least 4 members (excludes halogenated alkanes) is 2. The van der Waals surface area contributed by atoms with Gasteiger partial charge in [-0.25, -0.2) is 4.79 Å². The van der Waals surface area contributed by atoms with E-state index in [9.17, 15) is 19.2 Å². The Bertz CT molecular complexity index is 1250. The highest BCUT2D eigenvalue weighted by molar-refractivity contribution is 5.91. The van der Waals surface area contributed by atoms with Gasteiger partial charge < -0.3 is 35.8 Å². The largest absolute Gasteiger partial charge is 0.494 e. The number of benzene rings is 2. The lowest BCUT2D eigenvalue weighted by Crippen LogP contribution is -2.53. The van der Waals surface area contributed by atoms with Crippen LogP contribution < -0.4 is 26.0 Å². The number of hydrogen-bond donors (Lipinski definition) is 5. The third kappa shape index (κ3) is 13.5. The summed E-state index contributed by atoms with van der Waals surface area (Å²) in [6.07, 6.45) is 3.61. The summed E-state index contributed by atoms with van der Waals surface area (Å²) in [5.74, 6) is -0.395. The summed E-state index contributed by atoms with van der Waals surface area (Å²) < 4.78 is 11.2. The molecule has 2 aromatic carbocycles. The molecule has 1 fully saturated rings. The first-order chi connectivity index (χ1) is 22.2. The number of alkyl carbamates (subject to hydrolysis) is 1. The maximum atomic E-state index is 13.6. The lowest BCUT2D eigenvalue weighted by molar-refractivity contribution is -0.137. The molecule has 3 rings (SSSR count). The fourth-order valence-corrected chi connectivity index (χ4v) is 5.01. The Morgan fingerprint density at radius 2 is 1.70 bits per heavy atom. The zero-order valence-electron chi connectivity index (χ0n) is 27.1. The normalized spacial score (nSPS) is 14.0. The molecule has 0 radical (unpaired) electrons. The van der Waals surface area contributed by atoms with Gasteiger partial charge in [-0.1, -0.05) is 56.2 Å². The fraction of sp³-hybridized carbons (Fsp3) is 0.543. The molecule has 1 saturated heterocycles. The van der Waals surface area contributed by atoms with E-state index in [1.54, 1.807) is 0 Å². The van der Waals surface area contributed by atoms with Crippen LogP contribution in [0.3, 0.4) is 0 Å². The number of carbonyl (C=O) groups is 4. The Kier molecular flexibility index (Phi) is 15.9. The van der Waals surface area contributed by atoms with Crippen LogP contribution in [0.5, 0.6) is 5.75 Å². The van der Waals surface area contributed by atoms with Gasteiger partial charge >= 0.3 is 12.1 Å². The van der Waals surface area contributed by atoms with Crippen molar-refractivity contribution in [2.45, 2.75) is 90.3 Å². The minimum Gasteiger partial charge on any atom is -0.494 e. The molecule has 1 aliphatic heterocycles. The number of aliphatic carboxylic acids is 1. The molecular weight excluding hydrogens is 588 g/mol. The zero-order chi connectivity index (χ0) is 33.1. The minimum atomic E-state index is -0.985. The van der Waals surface area contributed by atoms with Crippen LogP contribution >= 0.6 is 0 Å². The van der Waals surface area contributed by atoms with Crippen LogP contribution in [0.15, 0.2) is 48.5 Å². The first kappa shape index (κ1) is 36.3. The summed E-state index contributed by atoms with van der Waals surface area (Å²) in [4.78, 5) is 50.5. The first-order valence-corrected chi connectivity index (χ1v) is 16.4. The van der Waals surface area contributed by atoms with E-state index in [4.69, 9.17) is 14.6 Å². The molecule has 252 valence electrons. The van der Waals surface area contributed by atoms with Crippen LogP contribution in [-0.2, 0) is 32.1 Å². The second-order valence-corrected chi connectivity index (χ2v) is 11.9. The highest BCUT2D eigenvalue weighted by Crippen LogP contribution is 2.19. The van der Waals surface area contributed by atoms with Crippen LogP contribution in [0.2, 0.25) is 0 Å². The quantitative estimate of drug-likeness (QED) is 0.127. The summed E-state index contributed by atoms with van der Waals surface area (Å²) in [5.41, 5.74) is 2.95. The smallest absolute Gasteiger partial charge is 0.407 e. The molecule has 46 heavy (non-hydrogen) atoms. The average Bonchev–Trinajstić information content (AvgIpc) is 3.02. The van der Waals surface area contributed by atoms with E-state index < -0.39 is 30.1 Å². The van der Waals surface area contributed by atoms with Gasteiger partial charge in [-0.3, -0.25) is 14.4 Å². The molecule has 2 aromatic rings. The van der Waals surface area contributed by atoms with E-state index in [1.807, 2.05) is 62.4 Å². The van der Waals surface area contributed by atoms with Crippen LogP contribution in [0.1, 0.15) is 75.0 Å². The molecule has 0 aromatic heterocycles. The van der Waals surface area contributed by atoms with Gasteiger partial charge in [0.25, 0.3) is 0 Å². The van der Waals surface area contributed by atoms with Crippen LogP contribution in [-0.4, -0.2) is 67.4 Å². The highest BCUT2D eigenvalue weighted by Gasteiger charge is 2.27. The summed E-state index contributed by atoms with van der Waals surface area (Å²) >= 11 is 0. The van der Waals surface area contributed by atoms with E-state index in [-0.39, 0.29) is 31.9 Å². The van der Waals surface area contributed by atoms with E-state index in [2.05, 4.69) is 21.3 Å². The van der Waals surface area contributed by atoms with Crippen molar-refractivity contribution >= 4 is 23.9 Å². The lowest BCUT2D eigenvalue weighted by Gasteiger charge is -2.26. The zero-order valence-corrected chi connectivity index (χ0v) is 27.1. The lowest BCUT2D eigenvalue weighted by atomic mass is 10.0. The topological polar surface area (TPSA) is 155 Å². The second kappa shape index (κ2) is 20.1. The Morgan fingerprint density at radius 3 is 2.39 bits per heavy atom. The standard InChI is InChI=1S/C35H50N4O7/c1-3-4-19-46-35(44)39-30(12-8-9-13-32(40)41)34(43)38-31(17-15-26-10-6-5-7-11-26)33(42)37-24-28-21-29(16-14-25(28)2)45-20-18-27-22-36-23-27/h5-7,10-11,14,16,21,27,30-31,36H,3-4,8-9,12-13,15,17-20,22-24H2,1-2H3,(H,37,42)(H,38,43)(H,39,44)(H,40,41)/t30-,31-/m0/s1. The van der Waals surface area contributed by atoms with E-state index in [0.29, 0.717) is 44.6 Å². The number of amides is 3. The Balaban J connectivity index is 1.66. The highest BCUT2D eigenvalue weighted by atomic mass is 16.5. The van der Waals surface area contributed by atoms with Crippen molar-refractivity contribution in [3.8, 4) is 5.75 Å². The predicted octanol–water partition coefficient (Wildman–Crippen LogP) is 4.26. The fourth-order valence-electron chi connectivity index (χ4n) is 5.01. The van der Waals surface area contributed by atoms with Gasteiger partial charge in [-0.2, -0.15) is 0 Å². The molecule has 1 heterocycles. The maximum absolute atomic E-state index is 13.6. The molecule has 0 saturated carbocycles. The molecule has 1 aliphatic rings. The van der Waals surface area contributed by atoms with E-state index in [1.165, 1.54) is 0 Å². The van der Waals surface area contributed by atoms with Crippen molar-refractivity contribution in [2.75, 3.05) is 26.3 Å². The Morgan fingerprint density at radius 1 is 0.935 bits per heavy atom. The summed E-state index contributed by atoms with van der Waals surface area (Å²) in [5, 5.41) is 20.7. The third-order valence-corrected chi connectivity index (χ3v) is 8.11. The number of ether oxygens (including phenoxy) is 2. The van der Waals surface area contributed by atoms with E-state index >= 15 is 0 Å². The molecule has 11 heteroatoms. The van der Waals surface area contributed by atoms with Crippen LogP contribution in [0.25, 0.3) is 0 Å². The van der Waals surface area contributed by atoms with Gasteiger partial charge in [0.05, 0.1) is 13.2 Å². The van der Waals surface area contributed by atoms with Crippen molar-refractivity contribution in [3.05, 3.63) is 65.2 Å². The Hall–Kier alpha value is -4.12. The molecule has 0 unspecified atom stereocenters. The number of hydrogen-bond acceptors (Lipinski definition) is 7. The summed E-state index contributed by atoms with van der Waals surface area (Å²) in [7, 11) is 0. The van der Waals surface area contributed by atoms with Gasteiger partial charge in [0, 0.05) is 13.0 Å². The number of carboxylic acid groups (broad SMARTS) is 1. The van der Waals surface area contributed by atoms with Crippen molar-refractivity contribution in [1.82, 2.24) is 21.3 Å². The molecule has 0 spiro atoms. The first-order valence-electron chi connectivity index (χ1n) is 16.4. The molecular formula is C35H50N4O7. The minimum absolute atomic E-state index is 0.0406. The number of nitrogens with one attached hydrogen (secondary N) is 4. The molecule has 3 amide bonds. The van der Waals surface area contributed by atoms with Gasteiger partial charge in [0.15, 0.2) is 0 Å². The van der Waals surface area contributed by atoms with Gasteiger partial charge in [-0.15, -0.1) is 0 Å². The van der Waals surface area contributed by atoms with E-state index in [0.717, 1.165) is 48.4 Å². The van der Waals surface area contributed by atoms with Crippen molar-refractivity contribution in [1.29, 1.82) is 0 Å². The monoisotopic (exact) mass is 638 g/mol. The number of carbonyl (C=O) groups excluding carboxylic acids is 3. The molecule has 11 nitrogen and oxygen atoms in total. The number of rotatable bonds is 21. The molecule has 2 atom stereocenters. The molecule has 0 aliphatic carbocycles. The predicted molar refractivity (Wildman–Crippen MR) is 175 cm³/mol. The number of carboxylic acids is 1. The van der Waals surface area contributed by atoms with Gasteiger partial charge in [0.1, 0.15) is 17.8 Å². The average molecular weight is 639 g/mol. The van der Waals surface area contributed by atoms with Crippen molar-refractivity contribution in [3.63, 3.8) is 0 Å². The molecule has 0 bridgehead atoms. The van der Waals surface area contributed by atoms with Gasteiger partial charge in [-0.05, 0) is 93.3 Å². The van der Waals surface area contributed by atoms with Crippen LogP contribution in [0.4, 0.5) is 4.79 Å². The van der Waals surface area contributed by atoms with Crippen molar-refractivity contribution in [2.24, 2.45) is 5.92 Å². The number of aryl methyl sites for hydroxylation is 2.